The quantitative estimate of drug-likeness (QED) is 0.157. The number of aliphatic carboxylic acids is 1. The topological polar surface area (TPSA) is 240 Å². The average Bonchev–Trinajstić information content (AvgIpc) is 3.21. The molecule has 29 heavy (non-hydrogen) atoms. The summed E-state index contributed by atoms with van der Waals surface area (Å²) in [5, 5.41) is 42.6. The molecule has 14 nitrogen and oxygen atoms in total. The molecule has 1 aromatic heterocycles. The van der Waals surface area contributed by atoms with Gasteiger partial charge in [0.25, 0.3) is 0 Å². The van der Waals surface area contributed by atoms with Crippen LogP contribution in [0.4, 0.5) is 0 Å². The number of imidazole rings is 1. The minimum atomic E-state index is -1.63. The van der Waals surface area contributed by atoms with E-state index in [1.807, 2.05) is 5.32 Å². The molecule has 14 heteroatoms. The number of nitrogens with one attached hydrogen (secondary N) is 4. The van der Waals surface area contributed by atoms with E-state index in [4.69, 9.17) is 21.1 Å². The van der Waals surface area contributed by atoms with Gasteiger partial charge in [0.15, 0.2) is 0 Å². The van der Waals surface area contributed by atoms with E-state index in [2.05, 4.69) is 20.6 Å². The summed E-state index contributed by atoms with van der Waals surface area (Å²) in [7, 11) is 0. The number of aromatic nitrogens is 2. The zero-order valence-electron chi connectivity index (χ0n) is 15.2. The van der Waals surface area contributed by atoms with Crippen molar-refractivity contribution in [2.24, 2.45) is 5.73 Å². The van der Waals surface area contributed by atoms with Gasteiger partial charge in [-0.05, 0) is 0 Å². The zero-order valence-corrected chi connectivity index (χ0v) is 15.2. The molecule has 1 heterocycles. The number of aliphatic hydroxyl groups is 3. The average molecular weight is 416 g/mol. The van der Waals surface area contributed by atoms with E-state index in [0.717, 1.165) is 0 Å². The number of amides is 3. The lowest BCUT2D eigenvalue weighted by atomic mass is 10.1. The van der Waals surface area contributed by atoms with Gasteiger partial charge in [-0.1, -0.05) is 0 Å². The van der Waals surface area contributed by atoms with Crippen molar-refractivity contribution in [3.63, 3.8) is 0 Å². The van der Waals surface area contributed by atoms with Crippen molar-refractivity contribution in [2.45, 2.75) is 30.6 Å². The number of hydrogen-bond acceptors (Lipinski definition) is 9. The summed E-state index contributed by atoms with van der Waals surface area (Å²) >= 11 is 0. The molecule has 0 bridgehead atoms. The van der Waals surface area contributed by atoms with E-state index in [-0.39, 0.29) is 6.42 Å². The van der Waals surface area contributed by atoms with E-state index < -0.39 is 67.7 Å². The third-order valence-electron chi connectivity index (χ3n) is 3.76. The number of aliphatic hydroxyl groups excluding tert-OH is 3. The fourth-order valence-electron chi connectivity index (χ4n) is 2.11. The van der Waals surface area contributed by atoms with Crippen LogP contribution in [0, 0.1) is 0 Å². The maximum Gasteiger partial charge on any atom is 0.328 e. The van der Waals surface area contributed by atoms with Crippen molar-refractivity contribution in [1.82, 2.24) is 25.9 Å². The maximum atomic E-state index is 12.6. The molecule has 0 aromatic carbocycles. The Hall–Kier alpha value is -3.07. The molecule has 10 N–H and O–H groups in total. The summed E-state index contributed by atoms with van der Waals surface area (Å²) in [6.07, 6.45) is 2.66. The number of nitrogens with zero attached hydrogens (tertiary/aromatic N) is 1. The standard InChI is InChI=1S/C15H24N6O8/c16-8(3-22)12(25)19-9(1-7-2-17-6-18-7)13(26)20-10(4-23)14(27)21-11(5-24)15(28)29/h2,6,8-11,22-24H,1,3-5,16H2,(H,17,18)(H,19,25)(H,20,26)(H,21,27)(H,28,29). The molecular formula is C15H24N6O8. The van der Waals surface area contributed by atoms with Gasteiger partial charge in [-0.25, -0.2) is 9.78 Å². The van der Waals surface area contributed by atoms with Crippen molar-refractivity contribution >= 4 is 23.7 Å². The van der Waals surface area contributed by atoms with Crippen LogP contribution >= 0.6 is 0 Å². The van der Waals surface area contributed by atoms with Crippen LogP contribution in [0.5, 0.6) is 0 Å². The number of rotatable bonds is 12. The first-order valence-corrected chi connectivity index (χ1v) is 8.42. The highest BCUT2D eigenvalue weighted by molar-refractivity contribution is 5.94. The Morgan fingerprint density at radius 2 is 1.48 bits per heavy atom. The fourth-order valence-corrected chi connectivity index (χ4v) is 2.11. The van der Waals surface area contributed by atoms with Crippen LogP contribution in [-0.2, 0) is 25.6 Å². The predicted octanol–water partition coefficient (Wildman–Crippen LogP) is -5.20. The normalized spacial score (nSPS) is 14.9. The van der Waals surface area contributed by atoms with E-state index in [9.17, 15) is 24.3 Å². The number of aromatic amines is 1. The molecule has 1 aromatic rings. The summed E-state index contributed by atoms with van der Waals surface area (Å²) in [5.41, 5.74) is 5.87. The van der Waals surface area contributed by atoms with Gasteiger partial charge in [-0.15, -0.1) is 0 Å². The monoisotopic (exact) mass is 416 g/mol. The largest absolute Gasteiger partial charge is 0.480 e. The molecule has 1 rings (SSSR count). The number of H-pyrrole nitrogens is 1. The molecule has 0 saturated heterocycles. The molecular weight excluding hydrogens is 392 g/mol. The summed E-state index contributed by atoms with van der Waals surface area (Å²) in [4.78, 5) is 54.0. The summed E-state index contributed by atoms with van der Waals surface area (Å²) in [6, 6.07) is -5.72. The lowest BCUT2D eigenvalue weighted by Gasteiger charge is -2.23. The Kier molecular flexibility index (Phi) is 9.67. The minimum absolute atomic E-state index is 0.0795. The van der Waals surface area contributed by atoms with Crippen molar-refractivity contribution in [3.05, 3.63) is 18.2 Å². The Bertz CT molecular complexity index is 697. The maximum absolute atomic E-state index is 12.6. The number of nitrogens with two attached hydrogens (primary N) is 1. The molecule has 0 aliphatic rings. The minimum Gasteiger partial charge on any atom is -0.480 e. The van der Waals surface area contributed by atoms with Gasteiger partial charge in [0.05, 0.1) is 26.1 Å². The van der Waals surface area contributed by atoms with Crippen molar-refractivity contribution in [3.8, 4) is 0 Å². The number of carboxylic acid groups (broad SMARTS) is 1. The van der Waals surface area contributed by atoms with Gasteiger partial charge in [0.2, 0.25) is 17.7 Å². The van der Waals surface area contributed by atoms with Gasteiger partial charge in [0.1, 0.15) is 24.2 Å². The summed E-state index contributed by atoms with van der Waals surface area (Å²) < 4.78 is 0. The van der Waals surface area contributed by atoms with Crippen molar-refractivity contribution in [2.75, 3.05) is 19.8 Å². The number of carboxylic acids is 1. The Labute approximate surface area is 164 Å². The number of carbonyl (C=O) groups excluding carboxylic acids is 3. The molecule has 0 aliphatic carbocycles. The molecule has 0 aliphatic heterocycles. The third-order valence-corrected chi connectivity index (χ3v) is 3.76. The molecule has 0 spiro atoms. The van der Waals surface area contributed by atoms with Gasteiger partial charge in [-0.2, -0.15) is 0 Å². The highest BCUT2D eigenvalue weighted by Gasteiger charge is 2.30. The SMILES string of the molecule is NC(CO)C(=O)NC(Cc1cnc[nH]1)C(=O)NC(CO)C(=O)NC(CO)C(=O)O. The molecule has 4 atom stereocenters. The first kappa shape index (κ1) is 24.0. The van der Waals surface area contributed by atoms with E-state index in [1.165, 1.54) is 12.5 Å². The lowest BCUT2D eigenvalue weighted by molar-refractivity contribution is -0.143. The highest BCUT2D eigenvalue weighted by Crippen LogP contribution is 2.01. The van der Waals surface area contributed by atoms with E-state index >= 15 is 0 Å². The first-order valence-electron chi connectivity index (χ1n) is 8.42. The van der Waals surface area contributed by atoms with Crippen molar-refractivity contribution in [1.29, 1.82) is 0 Å². The molecule has 3 amide bonds. The van der Waals surface area contributed by atoms with Crippen LogP contribution in [0.2, 0.25) is 0 Å². The second kappa shape index (κ2) is 11.7. The Morgan fingerprint density at radius 1 is 0.931 bits per heavy atom. The van der Waals surface area contributed by atoms with Gasteiger partial charge in [0, 0.05) is 18.3 Å². The number of hydrogen-bond donors (Lipinski definition) is 9. The number of carbonyl (C=O) groups is 4. The zero-order chi connectivity index (χ0) is 22.0. The summed E-state index contributed by atoms with van der Waals surface area (Å²) in [6.45, 7) is -2.44. The van der Waals surface area contributed by atoms with E-state index in [0.29, 0.717) is 5.69 Å². The molecule has 162 valence electrons. The Morgan fingerprint density at radius 3 is 1.97 bits per heavy atom. The highest BCUT2D eigenvalue weighted by atomic mass is 16.4. The smallest absolute Gasteiger partial charge is 0.328 e. The molecule has 0 saturated carbocycles. The summed E-state index contributed by atoms with van der Waals surface area (Å²) in [5.74, 6) is -4.28. The van der Waals surface area contributed by atoms with Crippen LogP contribution in [0.1, 0.15) is 5.69 Å². The third kappa shape index (κ3) is 7.46. The fraction of sp³-hybridized carbons (Fsp3) is 0.533. The molecule has 0 fully saturated rings. The Balaban J connectivity index is 2.88. The van der Waals surface area contributed by atoms with Gasteiger partial charge < -0.3 is 47.1 Å². The molecule has 4 unspecified atom stereocenters. The van der Waals surface area contributed by atoms with Crippen LogP contribution in [0.25, 0.3) is 0 Å². The van der Waals surface area contributed by atoms with Crippen LogP contribution in [0.15, 0.2) is 12.5 Å². The van der Waals surface area contributed by atoms with Crippen molar-refractivity contribution < 1.29 is 39.6 Å². The predicted molar refractivity (Wildman–Crippen MR) is 95.0 cm³/mol. The molecule has 0 radical (unpaired) electrons. The van der Waals surface area contributed by atoms with Crippen LogP contribution < -0.4 is 21.7 Å². The van der Waals surface area contributed by atoms with E-state index in [1.54, 1.807) is 0 Å². The van der Waals surface area contributed by atoms with Crippen LogP contribution in [0.3, 0.4) is 0 Å². The van der Waals surface area contributed by atoms with Gasteiger partial charge in [-0.3, -0.25) is 14.4 Å². The first-order chi connectivity index (χ1) is 13.7. The van der Waals surface area contributed by atoms with Gasteiger partial charge >= 0.3 is 5.97 Å². The van der Waals surface area contributed by atoms with Crippen LogP contribution in [-0.4, -0.2) is 98.1 Å². The lowest BCUT2D eigenvalue weighted by Crippen LogP contribution is -2.59. The second-order valence-corrected chi connectivity index (χ2v) is 5.96. The second-order valence-electron chi connectivity index (χ2n) is 5.96.